The van der Waals surface area contributed by atoms with Crippen molar-refractivity contribution in [2.24, 2.45) is 0 Å². The molecule has 0 amide bonds. The highest BCUT2D eigenvalue weighted by molar-refractivity contribution is 7.91. The van der Waals surface area contributed by atoms with E-state index >= 15 is 0 Å². The summed E-state index contributed by atoms with van der Waals surface area (Å²) < 4.78 is 25.9. The van der Waals surface area contributed by atoms with Gasteiger partial charge in [-0.15, -0.1) is 0 Å². The monoisotopic (exact) mass is 282 g/mol. The van der Waals surface area contributed by atoms with Gasteiger partial charge in [-0.25, -0.2) is 13.4 Å². The van der Waals surface area contributed by atoms with Gasteiger partial charge >= 0.3 is 0 Å². The highest BCUT2D eigenvalue weighted by Gasteiger charge is 2.34. The molecule has 0 saturated carbocycles. The molecule has 1 aliphatic rings. The SMILES string of the molecule is Cc1nc(Cl)sc1S(=O)(=O)N1CC[C@H](O)C1. The topological polar surface area (TPSA) is 70.5 Å². The van der Waals surface area contributed by atoms with Gasteiger partial charge in [-0.2, -0.15) is 4.31 Å². The Morgan fingerprint density at radius 2 is 2.31 bits per heavy atom. The van der Waals surface area contributed by atoms with Gasteiger partial charge in [-0.1, -0.05) is 22.9 Å². The van der Waals surface area contributed by atoms with Gasteiger partial charge in [0.05, 0.1) is 11.8 Å². The summed E-state index contributed by atoms with van der Waals surface area (Å²) in [4.78, 5) is 3.88. The quantitative estimate of drug-likeness (QED) is 0.873. The number of thiazole rings is 1. The fourth-order valence-corrected chi connectivity index (χ4v) is 5.00. The Kier molecular flexibility index (Phi) is 3.24. The number of hydrogen-bond donors (Lipinski definition) is 1. The van der Waals surface area contributed by atoms with E-state index in [-0.39, 0.29) is 15.2 Å². The van der Waals surface area contributed by atoms with Crippen LogP contribution in [-0.4, -0.2) is 42.0 Å². The number of nitrogens with zero attached hydrogens (tertiary/aromatic N) is 2. The van der Waals surface area contributed by atoms with E-state index in [0.717, 1.165) is 11.3 Å². The third kappa shape index (κ3) is 2.10. The van der Waals surface area contributed by atoms with E-state index in [1.165, 1.54) is 4.31 Å². The van der Waals surface area contributed by atoms with Crippen LogP contribution in [0.1, 0.15) is 12.1 Å². The molecule has 0 aromatic carbocycles. The summed E-state index contributed by atoms with van der Waals surface area (Å²) >= 11 is 6.63. The van der Waals surface area contributed by atoms with Crippen molar-refractivity contribution in [2.45, 2.75) is 23.7 Å². The highest BCUT2D eigenvalue weighted by atomic mass is 35.5. The summed E-state index contributed by atoms with van der Waals surface area (Å²) in [5, 5.41) is 9.34. The number of aliphatic hydroxyl groups excluding tert-OH is 1. The minimum atomic E-state index is -3.54. The minimum Gasteiger partial charge on any atom is -0.392 e. The normalized spacial score (nSPS) is 22.8. The van der Waals surface area contributed by atoms with Crippen LogP contribution < -0.4 is 0 Å². The molecule has 16 heavy (non-hydrogen) atoms. The second kappa shape index (κ2) is 4.23. The molecule has 0 radical (unpaired) electrons. The molecule has 1 saturated heterocycles. The maximum atomic E-state index is 12.1. The van der Waals surface area contributed by atoms with Crippen molar-refractivity contribution < 1.29 is 13.5 Å². The molecule has 0 bridgehead atoms. The van der Waals surface area contributed by atoms with E-state index in [0.29, 0.717) is 18.7 Å². The Labute approximate surface area is 103 Å². The zero-order chi connectivity index (χ0) is 11.9. The molecule has 1 N–H and O–H groups in total. The first-order valence-electron chi connectivity index (χ1n) is 4.72. The van der Waals surface area contributed by atoms with Crippen LogP contribution >= 0.6 is 22.9 Å². The number of hydrogen-bond acceptors (Lipinski definition) is 5. The molecule has 5 nitrogen and oxygen atoms in total. The largest absolute Gasteiger partial charge is 0.392 e. The number of sulfonamides is 1. The second-order valence-corrected chi connectivity index (χ2v) is 7.36. The van der Waals surface area contributed by atoms with Gasteiger partial charge in [0.15, 0.2) is 8.68 Å². The van der Waals surface area contributed by atoms with Gasteiger partial charge in [-0.05, 0) is 13.3 Å². The number of β-amino-alcohol motifs (C(OH)–C–C–N with tert-alkyl or cyclic N) is 1. The lowest BCUT2D eigenvalue weighted by molar-refractivity contribution is 0.189. The Balaban J connectivity index is 2.36. The Morgan fingerprint density at radius 1 is 1.62 bits per heavy atom. The molecule has 2 rings (SSSR count). The first-order valence-corrected chi connectivity index (χ1v) is 7.36. The van der Waals surface area contributed by atoms with E-state index in [1.807, 2.05) is 0 Å². The van der Waals surface area contributed by atoms with E-state index in [1.54, 1.807) is 6.92 Å². The lowest BCUT2D eigenvalue weighted by Crippen LogP contribution is -2.29. The molecule has 2 heterocycles. The van der Waals surface area contributed by atoms with Crippen LogP contribution in [0.4, 0.5) is 0 Å². The molecule has 0 aliphatic carbocycles. The van der Waals surface area contributed by atoms with E-state index in [9.17, 15) is 13.5 Å². The van der Waals surface area contributed by atoms with Crippen LogP contribution in [0.25, 0.3) is 0 Å². The number of aromatic nitrogens is 1. The van der Waals surface area contributed by atoms with Crippen LogP contribution in [0.2, 0.25) is 4.47 Å². The fourth-order valence-electron chi connectivity index (χ4n) is 1.64. The van der Waals surface area contributed by atoms with Crippen molar-refractivity contribution in [1.29, 1.82) is 0 Å². The summed E-state index contributed by atoms with van der Waals surface area (Å²) in [7, 11) is -3.54. The zero-order valence-electron chi connectivity index (χ0n) is 8.55. The van der Waals surface area contributed by atoms with Crippen molar-refractivity contribution in [3.8, 4) is 0 Å². The Morgan fingerprint density at radius 3 is 2.75 bits per heavy atom. The van der Waals surface area contributed by atoms with Crippen LogP contribution in [0, 0.1) is 6.92 Å². The smallest absolute Gasteiger partial charge is 0.254 e. The maximum absolute atomic E-state index is 12.1. The summed E-state index contributed by atoms with van der Waals surface area (Å²) in [6.07, 6.45) is -0.0939. The highest BCUT2D eigenvalue weighted by Crippen LogP contribution is 2.30. The zero-order valence-corrected chi connectivity index (χ0v) is 10.9. The van der Waals surface area contributed by atoms with Crippen molar-refractivity contribution in [2.75, 3.05) is 13.1 Å². The average Bonchev–Trinajstić information content (AvgIpc) is 2.73. The van der Waals surface area contributed by atoms with Crippen LogP contribution in [0.3, 0.4) is 0 Å². The molecule has 8 heteroatoms. The van der Waals surface area contributed by atoms with Gasteiger partial charge in [-0.3, -0.25) is 0 Å². The summed E-state index contributed by atoms with van der Waals surface area (Å²) in [5.74, 6) is 0. The molecule has 0 unspecified atom stereocenters. The van der Waals surface area contributed by atoms with Crippen molar-refractivity contribution >= 4 is 33.0 Å². The first-order chi connectivity index (χ1) is 7.41. The summed E-state index contributed by atoms with van der Waals surface area (Å²) in [6, 6.07) is 0. The fraction of sp³-hybridized carbons (Fsp3) is 0.625. The van der Waals surface area contributed by atoms with E-state index < -0.39 is 16.1 Å². The standard InChI is InChI=1S/C8H11ClN2O3S2/c1-5-7(15-8(9)10-5)16(13,14)11-3-2-6(12)4-11/h6,12H,2-4H2,1H3/t6-/m0/s1. The first kappa shape index (κ1) is 12.3. The molecule has 0 spiro atoms. The molecule has 1 fully saturated rings. The van der Waals surface area contributed by atoms with Crippen molar-refractivity contribution in [1.82, 2.24) is 9.29 Å². The lowest BCUT2D eigenvalue weighted by Gasteiger charge is -2.14. The van der Waals surface area contributed by atoms with Crippen molar-refractivity contribution in [3.63, 3.8) is 0 Å². The summed E-state index contributed by atoms with van der Waals surface area (Å²) in [5.41, 5.74) is 0.413. The number of aliphatic hydroxyl groups is 1. The molecule has 90 valence electrons. The molecular weight excluding hydrogens is 272 g/mol. The predicted molar refractivity (Wildman–Crippen MR) is 61.2 cm³/mol. The number of aryl methyl sites for hydroxylation is 1. The predicted octanol–water partition coefficient (Wildman–Crippen LogP) is 0.860. The van der Waals surface area contributed by atoms with Gasteiger partial charge in [0.25, 0.3) is 10.0 Å². The van der Waals surface area contributed by atoms with E-state index in [2.05, 4.69) is 4.98 Å². The Bertz CT molecular complexity index is 499. The van der Waals surface area contributed by atoms with Gasteiger partial charge < -0.3 is 5.11 Å². The van der Waals surface area contributed by atoms with Crippen LogP contribution in [0.15, 0.2) is 4.21 Å². The maximum Gasteiger partial charge on any atom is 0.254 e. The molecular formula is C8H11ClN2O3S2. The van der Waals surface area contributed by atoms with Gasteiger partial charge in [0.2, 0.25) is 0 Å². The molecule has 1 aromatic rings. The third-order valence-corrected chi connectivity index (χ3v) is 6.14. The molecule has 1 atom stereocenters. The van der Waals surface area contributed by atoms with Crippen LogP contribution in [0.5, 0.6) is 0 Å². The molecule has 1 aromatic heterocycles. The summed E-state index contributed by atoms with van der Waals surface area (Å²) in [6.45, 7) is 2.11. The van der Waals surface area contributed by atoms with Gasteiger partial charge in [0.1, 0.15) is 0 Å². The van der Waals surface area contributed by atoms with Crippen molar-refractivity contribution in [3.05, 3.63) is 10.2 Å². The van der Waals surface area contributed by atoms with Crippen LogP contribution in [-0.2, 0) is 10.0 Å². The second-order valence-electron chi connectivity index (χ2n) is 3.65. The Hall–Kier alpha value is -0.210. The van der Waals surface area contributed by atoms with E-state index in [4.69, 9.17) is 11.6 Å². The minimum absolute atomic E-state index is 0.150. The average molecular weight is 283 g/mol. The number of rotatable bonds is 2. The van der Waals surface area contributed by atoms with Gasteiger partial charge in [0, 0.05) is 13.1 Å². The third-order valence-electron chi connectivity index (χ3n) is 2.43. The lowest BCUT2D eigenvalue weighted by atomic mass is 10.3. The number of halogens is 1. The molecule has 1 aliphatic heterocycles.